The number of aromatic nitrogens is 4. The Morgan fingerprint density at radius 2 is 2.00 bits per heavy atom. The molecule has 0 aliphatic heterocycles. The van der Waals surface area contributed by atoms with Gasteiger partial charge in [-0.05, 0) is 46.8 Å². The number of amides is 1. The molecule has 23 heavy (non-hydrogen) atoms. The first kappa shape index (κ1) is 17.1. The summed E-state index contributed by atoms with van der Waals surface area (Å²) in [5.41, 5.74) is 7.52. The van der Waals surface area contributed by atoms with Crippen LogP contribution in [0.3, 0.4) is 0 Å². The second-order valence-electron chi connectivity index (χ2n) is 6.29. The number of rotatable bonds is 2. The highest BCUT2D eigenvalue weighted by Gasteiger charge is 2.15. The molecule has 9 heteroatoms. The molecule has 0 aliphatic rings. The van der Waals surface area contributed by atoms with Gasteiger partial charge in [-0.15, -0.1) is 0 Å². The van der Waals surface area contributed by atoms with E-state index in [9.17, 15) is 4.79 Å². The minimum Gasteiger partial charge on any atom is -0.357 e. The molecule has 3 N–H and O–H groups in total. The largest absolute Gasteiger partial charge is 0.357 e. The average molecular weight is 335 g/mol. The van der Waals surface area contributed by atoms with E-state index in [-0.39, 0.29) is 17.9 Å². The average Bonchev–Trinajstić information content (AvgIpc) is 2.87. The van der Waals surface area contributed by atoms with E-state index in [4.69, 9.17) is 12.2 Å². The number of nitrogens with zero attached hydrogens (tertiary/aromatic N) is 4. The van der Waals surface area contributed by atoms with Gasteiger partial charge in [0.05, 0.1) is 6.42 Å². The van der Waals surface area contributed by atoms with Gasteiger partial charge in [-0.2, -0.15) is 10.1 Å². The molecule has 0 aliphatic carbocycles. The molecule has 0 spiro atoms. The van der Waals surface area contributed by atoms with Crippen LogP contribution >= 0.6 is 12.2 Å². The lowest BCUT2D eigenvalue weighted by atomic mass is 10.1. The Balaban J connectivity index is 2.02. The second-order valence-corrected chi connectivity index (χ2v) is 6.70. The lowest BCUT2D eigenvalue weighted by Crippen LogP contribution is -2.52. The predicted octanol–water partition coefficient (Wildman–Crippen LogP) is 0.577. The minimum atomic E-state index is -0.212. The first-order valence-corrected chi connectivity index (χ1v) is 7.61. The van der Waals surface area contributed by atoms with Gasteiger partial charge < -0.3 is 5.32 Å². The summed E-state index contributed by atoms with van der Waals surface area (Å²) in [5.74, 6) is 0.313. The van der Waals surface area contributed by atoms with Crippen LogP contribution < -0.4 is 16.2 Å². The van der Waals surface area contributed by atoms with Gasteiger partial charge in [0.1, 0.15) is 6.33 Å². The quantitative estimate of drug-likeness (QED) is 0.545. The monoisotopic (exact) mass is 335 g/mol. The van der Waals surface area contributed by atoms with E-state index >= 15 is 0 Å². The van der Waals surface area contributed by atoms with E-state index in [2.05, 4.69) is 31.2 Å². The van der Waals surface area contributed by atoms with Crippen molar-refractivity contribution in [3.05, 3.63) is 23.3 Å². The number of hydrogen-bond acceptors (Lipinski definition) is 5. The van der Waals surface area contributed by atoms with Crippen molar-refractivity contribution in [2.75, 3.05) is 0 Å². The summed E-state index contributed by atoms with van der Waals surface area (Å²) >= 11 is 5.12. The van der Waals surface area contributed by atoms with Gasteiger partial charge in [-0.3, -0.25) is 15.6 Å². The molecule has 2 rings (SSSR count). The molecule has 124 valence electrons. The van der Waals surface area contributed by atoms with Crippen molar-refractivity contribution in [1.29, 1.82) is 0 Å². The molecule has 8 nitrogen and oxygen atoms in total. The number of nitrogens with one attached hydrogen (secondary N) is 3. The first-order valence-electron chi connectivity index (χ1n) is 7.20. The zero-order chi connectivity index (χ0) is 17.2. The van der Waals surface area contributed by atoms with E-state index in [1.54, 1.807) is 4.52 Å². The fraction of sp³-hybridized carbons (Fsp3) is 0.500. The molecular formula is C14H21N7OS. The molecular weight excluding hydrogens is 314 g/mol. The van der Waals surface area contributed by atoms with Crippen LogP contribution in [0.5, 0.6) is 0 Å². The Bertz CT molecular complexity index is 747. The summed E-state index contributed by atoms with van der Waals surface area (Å²) in [6, 6.07) is 0. The van der Waals surface area contributed by atoms with Crippen molar-refractivity contribution >= 4 is 29.0 Å². The zero-order valence-electron chi connectivity index (χ0n) is 13.9. The highest BCUT2D eigenvalue weighted by molar-refractivity contribution is 7.80. The Morgan fingerprint density at radius 3 is 2.65 bits per heavy atom. The molecule has 2 aromatic rings. The van der Waals surface area contributed by atoms with Crippen molar-refractivity contribution < 1.29 is 4.79 Å². The maximum absolute atomic E-state index is 12.1. The van der Waals surface area contributed by atoms with Crippen molar-refractivity contribution in [3.8, 4) is 0 Å². The number of carbonyl (C=O) groups is 1. The molecule has 0 bridgehead atoms. The summed E-state index contributed by atoms with van der Waals surface area (Å²) in [7, 11) is 0. The third kappa shape index (κ3) is 4.35. The van der Waals surface area contributed by atoms with Gasteiger partial charge in [0.15, 0.2) is 5.11 Å². The van der Waals surface area contributed by atoms with E-state index < -0.39 is 0 Å². The molecule has 0 saturated heterocycles. The third-order valence-electron chi connectivity index (χ3n) is 3.13. The Labute approximate surface area is 140 Å². The van der Waals surface area contributed by atoms with Crippen LogP contribution in [0.4, 0.5) is 0 Å². The summed E-state index contributed by atoms with van der Waals surface area (Å²) in [5, 5.41) is 7.52. The smallest absolute Gasteiger partial charge is 0.252 e. The van der Waals surface area contributed by atoms with Crippen LogP contribution in [0, 0.1) is 13.8 Å². The normalized spacial score (nSPS) is 11.3. The molecule has 0 unspecified atom stereocenters. The SMILES string of the molecule is Cc1nc2ncnn2c(C)c1CC(=O)NNC(=S)NC(C)(C)C. The predicted molar refractivity (Wildman–Crippen MR) is 90.7 cm³/mol. The Morgan fingerprint density at radius 1 is 1.30 bits per heavy atom. The molecule has 2 heterocycles. The van der Waals surface area contributed by atoms with Gasteiger partial charge in [0.25, 0.3) is 5.78 Å². The summed E-state index contributed by atoms with van der Waals surface area (Å²) in [4.78, 5) is 20.5. The van der Waals surface area contributed by atoms with Crippen LogP contribution in [-0.2, 0) is 11.2 Å². The number of carbonyl (C=O) groups excluding carboxylic acids is 1. The topological polar surface area (TPSA) is 96.2 Å². The molecule has 0 saturated carbocycles. The number of aryl methyl sites for hydroxylation is 2. The standard InChI is InChI=1S/C14H21N7OS/c1-8-10(9(2)21-12(17-8)15-7-16-21)6-11(22)19-20-13(23)18-14(3,4)5/h7H,6H2,1-5H3,(H,19,22)(H2,18,20,23). The van der Waals surface area contributed by atoms with Gasteiger partial charge in [0.2, 0.25) is 5.91 Å². The van der Waals surface area contributed by atoms with Crippen LogP contribution in [-0.4, -0.2) is 36.1 Å². The molecule has 0 fully saturated rings. The van der Waals surface area contributed by atoms with Crippen LogP contribution in [0.1, 0.15) is 37.7 Å². The summed E-state index contributed by atoms with van der Waals surface area (Å²) in [6.45, 7) is 9.68. The van der Waals surface area contributed by atoms with E-state index in [0.29, 0.717) is 10.9 Å². The highest BCUT2D eigenvalue weighted by Crippen LogP contribution is 2.13. The van der Waals surface area contributed by atoms with Crippen LogP contribution in [0.25, 0.3) is 5.78 Å². The first-order chi connectivity index (χ1) is 10.7. The zero-order valence-corrected chi connectivity index (χ0v) is 14.7. The fourth-order valence-electron chi connectivity index (χ4n) is 2.11. The molecule has 0 atom stereocenters. The maximum atomic E-state index is 12.1. The van der Waals surface area contributed by atoms with Crippen molar-refractivity contribution in [2.24, 2.45) is 0 Å². The van der Waals surface area contributed by atoms with Gasteiger partial charge >= 0.3 is 0 Å². The van der Waals surface area contributed by atoms with Gasteiger partial charge in [0, 0.05) is 22.5 Å². The number of hydrogen-bond donors (Lipinski definition) is 3. The molecule has 0 radical (unpaired) electrons. The van der Waals surface area contributed by atoms with Crippen LogP contribution in [0.2, 0.25) is 0 Å². The molecule has 0 aromatic carbocycles. The van der Waals surface area contributed by atoms with Gasteiger partial charge in [-0.25, -0.2) is 9.50 Å². The van der Waals surface area contributed by atoms with Crippen molar-refractivity contribution in [1.82, 2.24) is 35.8 Å². The maximum Gasteiger partial charge on any atom is 0.252 e. The van der Waals surface area contributed by atoms with Crippen molar-refractivity contribution in [2.45, 2.75) is 46.6 Å². The molecule has 1 amide bonds. The number of fused-ring (bicyclic) bond motifs is 1. The summed E-state index contributed by atoms with van der Waals surface area (Å²) in [6.07, 6.45) is 1.61. The third-order valence-corrected chi connectivity index (χ3v) is 3.33. The highest BCUT2D eigenvalue weighted by atomic mass is 32.1. The number of hydrazine groups is 1. The Hall–Kier alpha value is -2.29. The Kier molecular flexibility index (Phi) is 4.79. The van der Waals surface area contributed by atoms with E-state index in [0.717, 1.165) is 17.0 Å². The van der Waals surface area contributed by atoms with E-state index in [1.165, 1.54) is 6.33 Å². The number of thiocarbonyl (C=S) groups is 1. The minimum absolute atomic E-state index is 0.172. The second kappa shape index (κ2) is 6.45. The van der Waals surface area contributed by atoms with E-state index in [1.807, 2.05) is 34.6 Å². The van der Waals surface area contributed by atoms with Crippen LogP contribution in [0.15, 0.2) is 6.33 Å². The fourth-order valence-corrected chi connectivity index (χ4v) is 2.47. The lowest BCUT2D eigenvalue weighted by Gasteiger charge is -2.23. The van der Waals surface area contributed by atoms with Crippen molar-refractivity contribution in [3.63, 3.8) is 0 Å². The molecule has 2 aromatic heterocycles. The lowest BCUT2D eigenvalue weighted by molar-refractivity contribution is -0.121. The summed E-state index contributed by atoms with van der Waals surface area (Å²) < 4.78 is 1.62. The van der Waals surface area contributed by atoms with Gasteiger partial charge in [-0.1, -0.05) is 0 Å².